The molecule has 0 unspecified atom stereocenters. The minimum absolute atomic E-state index is 0.292. The fourth-order valence-electron chi connectivity index (χ4n) is 4.43. The van der Waals surface area contributed by atoms with E-state index in [1.807, 2.05) is 13.8 Å². The second kappa shape index (κ2) is 112. The predicted molar refractivity (Wildman–Crippen MR) is 284 cm³/mol. The SMILES string of the molecule is CCCC(=O)O.CCCC(=O)O.CCCCCC.CCCCCC.CCCCCC.CCCCCC.CCCCCC.CCCCCC.CCCCCC.CCCCCC. The second-order valence-corrected chi connectivity index (χ2v) is 15.9. The predicted octanol–water partition coefficient (Wildman–Crippen LogP) is 22.4. The topological polar surface area (TPSA) is 74.6 Å². The van der Waals surface area contributed by atoms with Crippen LogP contribution in [0.25, 0.3) is 0 Å². The lowest BCUT2D eigenvalue weighted by Crippen LogP contribution is -1.90. The molecule has 0 saturated heterocycles. The number of hydrogen-bond donors (Lipinski definition) is 2. The van der Waals surface area contributed by atoms with E-state index in [9.17, 15) is 9.59 Å². The molecule has 0 rings (SSSR count). The van der Waals surface area contributed by atoms with E-state index in [0.29, 0.717) is 12.8 Å². The summed E-state index contributed by atoms with van der Waals surface area (Å²) in [6.45, 7) is 39.4. The van der Waals surface area contributed by atoms with E-state index in [1.165, 1.54) is 205 Å². The Kier molecular flexibility index (Phi) is 154. The van der Waals surface area contributed by atoms with Crippen LogP contribution in [-0.4, -0.2) is 22.2 Å². The van der Waals surface area contributed by atoms with Crippen LogP contribution in [0.5, 0.6) is 0 Å². The first-order chi connectivity index (χ1) is 28.9. The highest BCUT2D eigenvalue weighted by atomic mass is 16.4. The summed E-state index contributed by atoms with van der Waals surface area (Å²) in [7, 11) is 0. The molecule has 4 nitrogen and oxygen atoms in total. The summed E-state index contributed by atoms with van der Waals surface area (Å²) >= 11 is 0. The maximum Gasteiger partial charge on any atom is 0.303 e. The van der Waals surface area contributed by atoms with Crippen LogP contribution >= 0.6 is 0 Å². The van der Waals surface area contributed by atoms with Gasteiger partial charge < -0.3 is 10.2 Å². The Morgan fingerprint density at radius 2 is 0.283 bits per heavy atom. The van der Waals surface area contributed by atoms with Gasteiger partial charge in [0.25, 0.3) is 0 Å². The van der Waals surface area contributed by atoms with Crippen molar-refractivity contribution in [2.75, 3.05) is 0 Å². The van der Waals surface area contributed by atoms with Crippen LogP contribution in [0.15, 0.2) is 0 Å². The van der Waals surface area contributed by atoms with E-state index in [-0.39, 0.29) is 0 Å². The number of unbranched alkanes of at least 4 members (excludes halogenated alkanes) is 24. The maximum absolute atomic E-state index is 9.60. The molecule has 0 aromatic heterocycles. The monoisotopic (exact) mass is 865 g/mol. The van der Waals surface area contributed by atoms with Crippen LogP contribution in [0, 0.1) is 0 Å². The van der Waals surface area contributed by atoms with Crippen molar-refractivity contribution in [1.82, 2.24) is 0 Å². The van der Waals surface area contributed by atoms with E-state index in [0.717, 1.165) is 12.8 Å². The molecule has 0 aromatic carbocycles. The van der Waals surface area contributed by atoms with Crippen molar-refractivity contribution in [1.29, 1.82) is 0 Å². The molecule has 0 saturated carbocycles. The molecule has 0 fully saturated rings. The van der Waals surface area contributed by atoms with Crippen molar-refractivity contribution in [3.05, 3.63) is 0 Å². The Morgan fingerprint density at radius 1 is 0.200 bits per heavy atom. The number of aliphatic carboxylic acids is 2. The zero-order valence-electron chi connectivity index (χ0n) is 46.2. The summed E-state index contributed by atoms with van der Waals surface area (Å²) in [5, 5.41) is 15.8. The van der Waals surface area contributed by atoms with Gasteiger partial charge in [-0.3, -0.25) is 9.59 Å². The first kappa shape index (κ1) is 82.6. The number of rotatable bonds is 28. The molecule has 60 heavy (non-hydrogen) atoms. The quantitative estimate of drug-likeness (QED) is 0.0769. The summed E-state index contributed by atoms with van der Waals surface area (Å²) in [6, 6.07) is 0. The average molecular weight is 866 g/mol. The van der Waals surface area contributed by atoms with Crippen LogP contribution in [0.1, 0.15) is 356 Å². The standard InChI is InChI=1S/8C6H14.2C4H8O2/c8*1-3-5-6-4-2;2*1-2-3-4(5)6/h8*3-6H2,1-2H3;2*2-3H2,1H3,(H,5,6). The molecule has 2 N–H and O–H groups in total. The summed E-state index contributed by atoms with van der Waals surface area (Å²) in [5.41, 5.74) is 0. The van der Waals surface area contributed by atoms with Gasteiger partial charge in [-0.25, -0.2) is 0 Å². The number of carbonyl (C=O) groups is 2. The summed E-state index contributed by atoms with van der Waals surface area (Å²) in [6.07, 6.45) is 46.3. The van der Waals surface area contributed by atoms with Crippen LogP contribution in [-0.2, 0) is 9.59 Å². The van der Waals surface area contributed by atoms with Gasteiger partial charge in [0.1, 0.15) is 0 Å². The largest absolute Gasteiger partial charge is 0.481 e. The molecule has 4 heteroatoms. The molecular weight excluding hydrogens is 737 g/mol. The van der Waals surface area contributed by atoms with Gasteiger partial charge in [-0.15, -0.1) is 0 Å². The minimum Gasteiger partial charge on any atom is -0.481 e. The van der Waals surface area contributed by atoms with Gasteiger partial charge in [-0.1, -0.05) is 330 Å². The van der Waals surface area contributed by atoms with Crippen LogP contribution < -0.4 is 0 Å². The second-order valence-electron chi connectivity index (χ2n) is 15.9. The van der Waals surface area contributed by atoms with Gasteiger partial charge in [0.2, 0.25) is 0 Å². The molecule has 0 aliphatic carbocycles. The maximum atomic E-state index is 9.60. The molecule has 0 aliphatic rings. The Labute approximate surface area is 386 Å². The molecular formula is C56H128O4. The number of hydrogen-bond acceptors (Lipinski definition) is 2. The van der Waals surface area contributed by atoms with Gasteiger partial charge in [-0.2, -0.15) is 0 Å². The molecule has 0 aromatic rings. The summed E-state index contributed by atoms with van der Waals surface area (Å²) < 4.78 is 0. The first-order valence-electron chi connectivity index (χ1n) is 27.3. The number of carboxylic acid groups (broad SMARTS) is 2. The lowest BCUT2D eigenvalue weighted by Gasteiger charge is -1.86. The lowest BCUT2D eigenvalue weighted by atomic mass is 10.2. The zero-order valence-corrected chi connectivity index (χ0v) is 46.2. The molecule has 0 radical (unpaired) electrons. The summed E-state index contributed by atoms with van der Waals surface area (Å²) in [4.78, 5) is 19.2. The highest BCUT2D eigenvalue weighted by Crippen LogP contribution is 1.99. The first-order valence-corrected chi connectivity index (χ1v) is 27.3. The van der Waals surface area contributed by atoms with Crippen molar-refractivity contribution in [3.8, 4) is 0 Å². The fourth-order valence-corrected chi connectivity index (χ4v) is 4.43. The minimum atomic E-state index is -0.711. The molecule has 0 spiro atoms. The molecule has 376 valence electrons. The third-order valence-corrected chi connectivity index (χ3v) is 8.58. The summed E-state index contributed by atoms with van der Waals surface area (Å²) in [5.74, 6) is -1.42. The Balaban J connectivity index is -0.0000000579. The van der Waals surface area contributed by atoms with Crippen molar-refractivity contribution in [2.24, 2.45) is 0 Å². The zero-order chi connectivity index (χ0) is 48.6. The van der Waals surface area contributed by atoms with Crippen molar-refractivity contribution >= 4 is 11.9 Å². The Hall–Kier alpha value is -1.06. The van der Waals surface area contributed by atoms with E-state index >= 15 is 0 Å². The average Bonchev–Trinajstić information content (AvgIpc) is 3.25. The molecule has 0 heterocycles. The van der Waals surface area contributed by atoms with E-state index < -0.39 is 11.9 Å². The molecule has 0 amide bonds. The molecule has 0 aliphatic heterocycles. The van der Waals surface area contributed by atoms with Crippen molar-refractivity contribution in [2.45, 2.75) is 356 Å². The van der Waals surface area contributed by atoms with Crippen LogP contribution in [0.4, 0.5) is 0 Å². The van der Waals surface area contributed by atoms with Gasteiger partial charge >= 0.3 is 11.9 Å². The normalized spacial score (nSPS) is 8.83. The molecule has 0 atom stereocenters. The fraction of sp³-hybridized carbons (Fsp3) is 0.964. The van der Waals surface area contributed by atoms with E-state index in [2.05, 4.69) is 111 Å². The number of carboxylic acids is 2. The smallest absolute Gasteiger partial charge is 0.303 e. The van der Waals surface area contributed by atoms with Crippen LogP contribution in [0.3, 0.4) is 0 Å². The van der Waals surface area contributed by atoms with Crippen LogP contribution in [0.2, 0.25) is 0 Å². The van der Waals surface area contributed by atoms with Gasteiger partial charge in [0, 0.05) is 12.8 Å². The van der Waals surface area contributed by atoms with E-state index in [1.54, 1.807) is 0 Å². The molecule has 0 bridgehead atoms. The third kappa shape index (κ3) is 213. The highest BCUT2D eigenvalue weighted by Gasteiger charge is 1.88. The Bertz CT molecular complexity index is 405. The highest BCUT2D eigenvalue weighted by molar-refractivity contribution is 5.66. The third-order valence-electron chi connectivity index (χ3n) is 8.58. The van der Waals surface area contributed by atoms with Gasteiger partial charge in [0.15, 0.2) is 0 Å². The van der Waals surface area contributed by atoms with Crippen molar-refractivity contribution in [3.63, 3.8) is 0 Å². The van der Waals surface area contributed by atoms with Crippen molar-refractivity contribution < 1.29 is 19.8 Å². The lowest BCUT2D eigenvalue weighted by molar-refractivity contribution is -0.138. The Morgan fingerprint density at radius 3 is 0.300 bits per heavy atom. The van der Waals surface area contributed by atoms with Gasteiger partial charge in [-0.05, 0) is 12.8 Å². The van der Waals surface area contributed by atoms with Gasteiger partial charge in [0.05, 0.1) is 0 Å². The van der Waals surface area contributed by atoms with E-state index in [4.69, 9.17) is 10.2 Å².